The van der Waals surface area contributed by atoms with E-state index in [1.807, 2.05) is 13.8 Å². The number of hydrogen-bond donors (Lipinski definition) is 0. The second-order valence-corrected chi connectivity index (χ2v) is 3.66. The molecule has 14 heavy (non-hydrogen) atoms. The Morgan fingerprint density at radius 2 is 2.36 bits per heavy atom. The number of carbonyl (C=O) groups is 1. The molecule has 0 unspecified atom stereocenters. The average molecular weight is 199 g/mol. The third kappa shape index (κ3) is 3.38. The monoisotopic (exact) mass is 199 g/mol. The van der Waals surface area contributed by atoms with Gasteiger partial charge in [-0.05, 0) is 19.4 Å². The molecule has 4 heteroatoms. The molecule has 0 N–H and O–H groups in total. The number of rotatable bonds is 1. The Morgan fingerprint density at radius 1 is 1.64 bits per heavy atom. The van der Waals surface area contributed by atoms with E-state index in [1.165, 1.54) is 0 Å². The van der Waals surface area contributed by atoms with E-state index >= 15 is 0 Å². The summed E-state index contributed by atoms with van der Waals surface area (Å²) in [5.74, 6) is 0. The van der Waals surface area contributed by atoms with Crippen LogP contribution in [0.1, 0.15) is 13.8 Å². The van der Waals surface area contributed by atoms with E-state index in [0.717, 1.165) is 5.57 Å². The molecule has 1 aliphatic rings. The zero-order chi connectivity index (χ0) is 10.6. The van der Waals surface area contributed by atoms with E-state index < -0.39 is 0 Å². The van der Waals surface area contributed by atoms with Crippen molar-refractivity contribution in [2.75, 3.05) is 26.3 Å². The molecule has 0 spiro atoms. The van der Waals surface area contributed by atoms with Crippen molar-refractivity contribution in [2.45, 2.75) is 20.0 Å². The van der Waals surface area contributed by atoms with E-state index in [2.05, 4.69) is 6.58 Å². The van der Waals surface area contributed by atoms with Gasteiger partial charge in [0.05, 0.1) is 19.3 Å². The maximum absolute atomic E-state index is 11.5. The highest BCUT2D eigenvalue weighted by Gasteiger charge is 2.19. The molecule has 4 nitrogen and oxygen atoms in total. The summed E-state index contributed by atoms with van der Waals surface area (Å²) in [6.07, 6.45) is -0.369. The Morgan fingerprint density at radius 3 is 3.00 bits per heavy atom. The Bertz CT molecular complexity index is 225. The lowest BCUT2D eigenvalue weighted by Gasteiger charge is -2.20. The van der Waals surface area contributed by atoms with Crippen LogP contribution in [-0.4, -0.2) is 43.4 Å². The topological polar surface area (TPSA) is 38.8 Å². The van der Waals surface area contributed by atoms with Gasteiger partial charge in [0.2, 0.25) is 0 Å². The number of amides is 1. The van der Waals surface area contributed by atoms with Crippen LogP contribution in [0.15, 0.2) is 12.2 Å². The van der Waals surface area contributed by atoms with Crippen molar-refractivity contribution >= 4 is 6.09 Å². The Balaban J connectivity index is 2.48. The fraction of sp³-hybridized carbons (Fsp3) is 0.700. The molecule has 0 aliphatic carbocycles. The van der Waals surface area contributed by atoms with Gasteiger partial charge in [-0.1, -0.05) is 6.58 Å². The molecule has 1 aliphatic heterocycles. The lowest BCUT2D eigenvalue weighted by molar-refractivity contribution is 0.0744. The Kier molecular flexibility index (Phi) is 3.95. The zero-order valence-corrected chi connectivity index (χ0v) is 8.78. The molecule has 0 aromatic rings. The minimum absolute atomic E-state index is 0.0834. The van der Waals surface area contributed by atoms with Gasteiger partial charge in [0.15, 0.2) is 0 Å². The molecular weight excluding hydrogens is 182 g/mol. The minimum atomic E-state index is -0.286. The highest BCUT2D eigenvalue weighted by Crippen LogP contribution is 2.06. The summed E-state index contributed by atoms with van der Waals surface area (Å²) in [6, 6.07) is 0. The predicted octanol–water partition coefficient (Wildman–Crippen LogP) is 1.42. The van der Waals surface area contributed by atoms with Gasteiger partial charge in [-0.3, -0.25) is 0 Å². The van der Waals surface area contributed by atoms with Crippen LogP contribution in [0.2, 0.25) is 0 Å². The number of carbonyl (C=O) groups excluding carboxylic acids is 1. The number of hydrogen-bond acceptors (Lipinski definition) is 3. The van der Waals surface area contributed by atoms with Crippen LogP contribution in [0.5, 0.6) is 0 Å². The van der Waals surface area contributed by atoms with Crippen LogP contribution in [0.3, 0.4) is 0 Å². The minimum Gasteiger partial charge on any atom is -0.447 e. The first-order valence-electron chi connectivity index (χ1n) is 4.79. The van der Waals surface area contributed by atoms with Gasteiger partial charge in [-0.15, -0.1) is 0 Å². The van der Waals surface area contributed by atoms with Crippen molar-refractivity contribution in [3.8, 4) is 0 Å². The third-order valence-electron chi connectivity index (χ3n) is 1.82. The molecule has 1 heterocycles. The molecule has 1 rings (SSSR count). The molecular formula is C10H17NO3. The molecule has 0 saturated carbocycles. The second-order valence-electron chi connectivity index (χ2n) is 3.66. The van der Waals surface area contributed by atoms with Gasteiger partial charge >= 0.3 is 6.09 Å². The molecule has 1 fully saturated rings. The van der Waals surface area contributed by atoms with Crippen molar-refractivity contribution in [3.05, 3.63) is 12.2 Å². The number of nitrogens with zero attached hydrogens (tertiary/aromatic N) is 1. The van der Waals surface area contributed by atoms with Gasteiger partial charge in [-0.2, -0.15) is 0 Å². The molecule has 0 atom stereocenters. The van der Waals surface area contributed by atoms with Crippen LogP contribution in [0, 0.1) is 0 Å². The van der Waals surface area contributed by atoms with Crippen molar-refractivity contribution < 1.29 is 14.3 Å². The molecule has 1 saturated heterocycles. The van der Waals surface area contributed by atoms with E-state index in [9.17, 15) is 4.79 Å². The van der Waals surface area contributed by atoms with Crippen molar-refractivity contribution in [1.29, 1.82) is 0 Å². The van der Waals surface area contributed by atoms with Crippen molar-refractivity contribution in [3.63, 3.8) is 0 Å². The summed E-state index contributed by atoms with van der Waals surface area (Å²) in [7, 11) is 0. The SMILES string of the molecule is C=C1COCCN(C(=O)OC(C)C)C1. The molecule has 0 aromatic heterocycles. The lowest BCUT2D eigenvalue weighted by Crippen LogP contribution is -2.35. The highest BCUT2D eigenvalue weighted by atomic mass is 16.6. The molecule has 0 aromatic carbocycles. The van der Waals surface area contributed by atoms with Crippen LogP contribution in [-0.2, 0) is 9.47 Å². The molecule has 80 valence electrons. The Hall–Kier alpha value is -1.03. The second kappa shape index (κ2) is 5.00. The first-order valence-corrected chi connectivity index (χ1v) is 4.79. The van der Waals surface area contributed by atoms with E-state index in [1.54, 1.807) is 4.90 Å². The molecule has 1 amide bonds. The maximum Gasteiger partial charge on any atom is 0.410 e. The summed E-state index contributed by atoms with van der Waals surface area (Å²) in [5, 5.41) is 0. The number of ether oxygens (including phenoxy) is 2. The van der Waals surface area contributed by atoms with E-state index in [0.29, 0.717) is 26.3 Å². The van der Waals surface area contributed by atoms with Crippen molar-refractivity contribution in [2.24, 2.45) is 0 Å². The first kappa shape index (κ1) is 11.0. The zero-order valence-electron chi connectivity index (χ0n) is 8.78. The largest absolute Gasteiger partial charge is 0.447 e. The van der Waals surface area contributed by atoms with Crippen LogP contribution >= 0.6 is 0 Å². The van der Waals surface area contributed by atoms with Gasteiger partial charge in [0.25, 0.3) is 0 Å². The summed E-state index contributed by atoms with van der Waals surface area (Å²) in [5.41, 5.74) is 0.906. The Labute approximate surface area is 84.5 Å². The first-order chi connectivity index (χ1) is 6.59. The normalized spacial score (nSPS) is 18.2. The average Bonchev–Trinajstić information content (AvgIpc) is 2.28. The predicted molar refractivity (Wildman–Crippen MR) is 53.1 cm³/mol. The van der Waals surface area contributed by atoms with Crippen LogP contribution in [0.4, 0.5) is 4.79 Å². The van der Waals surface area contributed by atoms with Gasteiger partial charge < -0.3 is 14.4 Å². The summed E-state index contributed by atoms with van der Waals surface area (Å²) >= 11 is 0. The fourth-order valence-corrected chi connectivity index (χ4v) is 1.22. The van der Waals surface area contributed by atoms with Gasteiger partial charge in [-0.25, -0.2) is 4.79 Å². The van der Waals surface area contributed by atoms with Gasteiger partial charge in [0, 0.05) is 13.1 Å². The van der Waals surface area contributed by atoms with Gasteiger partial charge in [0.1, 0.15) is 0 Å². The third-order valence-corrected chi connectivity index (χ3v) is 1.82. The summed E-state index contributed by atoms with van der Waals surface area (Å²) in [6.45, 7) is 9.67. The van der Waals surface area contributed by atoms with E-state index in [-0.39, 0.29) is 12.2 Å². The van der Waals surface area contributed by atoms with Crippen molar-refractivity contribution in [1.82, 2.24) is 4.90 Å². The van der Waals surface area contributed by atoms with Crippen LogP contribution in [0.25, 0.3) is 0 Å². The lowest BCUT2D eigenvalue weighted by atomic mass is 10.3. The summed E-state index contributed by atoms with van der Waals surface area (Å²) < 4.78 is 10.3. The highest BCUT2D eigenvalue weighted by molar-refractivity contribution is 5.68. The standard InChI is InChI=1S/C10H17NO3/c1-8(2)14-10(12)11-4-5-13-7-9(3)6-11/h8H,3-7H2,1-2H3. The quantitative estimate of drug-likeness (QED) is 0.599. The van der Waals surface area contributed by atoms with Crippen LogP contribution < -0.4 is 0 Å². The molecule has 0 radical (unpaired) electrons. The molecule has 0 bridgehead atoms. The smallest absolute Gasteiger partial charge is 0.410 e. The maximum atomic E-state index is 11.5. The fourth-order valence-electron chi connectivity index (χ4n) is 1.22. The van der Waals surface area contributed by atoms with E-state index in [4.69, 9.17) is 9.47 Å². The summed E-state index contributed by atoms with van der Waals surface area (Å²) in [4.78, 5) is 13.1.